The fourth-order valence-electron chi connectivity index (χ4n) is 1.27. The second kappa shape index (κ2) is 6.35. The largest absolute Gasteiger partial charge is 0.373 e. The summed E-state index contributed by atoms with van der Waals surface area (Å²) in [6.07, 6.45) is 3.99. The fraction of sp³-hybridized carbons (Fsp3) is 1.00. The molecule has 0 aromatic heterocycles. The summed E-state index contributed by atoms with van der Waals surface area (Å²) in [6.45, 7) is 5.87. The molecule has 3 nitrogen and oxygen atoms in total. The lowest BCUT2D eigenvalue weighted by Gasteiger charge is -2.27. The predicted octanol–water partition coefficient (Wildman–Crippen LogP) is 1.95. The number of rotatable bonds is 7. The van der Waals surface area contributed by atoms with Gasteiger partial charge in [-0.05, 0) is 33.1 Å². The van der Waals surface area contributed by atoms with Crippen LogP contribution in [0.25, 0.3) is 0 Å². The van der Waals surface area contributed by atoms with Crippen molar-refractivity contribution in [3.63, 3.8) is 0 Å². The minimum absolute atomic E-state index is 0.171. The van der Waals surface area contributed by atoms with Gasteiger partial charge in [-0.2, -0.15) is 0 Å². The highest BCUT2D eigenvalue weighted by molar-refractivity contribution is 4.69. The maximum Gasteiger partial charge on any atom is 0.180 e. The normalized spacial score (nSPS) is 17.8. The third-order valence-electron chi connectivity index (χ3n) is 2.23. The van der Waals surface area contributed by atoms with Gasteiger partial charge in [-0.15, -0.1) is 0 Å². The van der Waals surface area contributed by atoms with Gasteiger partial charge in [0.25, 0.3) is 0 Å². The van der Waals surface area contributed by atoms with Gasteiger partial charge in [0.05, 0.1) is 12.7 Å². The molecule has 3 heteroatoms. The molecule has 0 aromatic carbocycles. The average molecular weight is 188 g/mol. The van der Waals surface area contributed by atoms with E-state index in [9.17, 15) is 0 Å². The molecule has 0 heterocycles. The summed E-state index contributed by atoms with van der Waals surface area (Å²) in [7, 11) is 0. The molecular weight excluding hydrogens is 168 g/mol. The molecule has 1 aliphatic rings. The predicted molar refractivity (Wildman–Crippen MR) is 50.6 cm³/mol. The van der Waals surface area contributed by atoms with Crippen LogP contribution in [0, 0.1) is 0 Å². The Bertz CT molecular complexity index is 117. The first-order valence-electron chi connectivity index (χ1n) is 5.21. The van der Waals surface area contributed by atoms with Gasteiger partial charge in [0.2, 0.25) is 0 Å². The Hall–Kier alpha value is -0.120. The van der Waals surface area contributed by atoms with Crippen LogP contribution in [-0.2, 0) is 14.2 Å². The quantitative estimate of drug-likeness (QED) is 0.571. The van der Waals surface area contributed by atoms with Crippen molar-refractivity contribution in [1.29, 1.82) is 0 Å². The summed E-state index contributed by atoms with van der Waals surface area (Å²) in [4.78, 5) is 0. The summed E-state index contributed by atoms with van der Waals surface area (Å²) < 4.78 is 16.3. The molecular formula is C10H20O3. The van der Waals surface area contributed by atoms with E-state index in [1.54, 1.807) is 0 Å². The fourth-order valence-corrected chi connectivity index (χ4v) is 1.27. The van der Waals surface area contributed by atoms with Crippen molar-refractivity contribution < 1.29 is 14.2 Å². The zero-order chi connectivity index (χ0) is 9.52. The summed E-state index contributed by atoms with van der Waals surface area (Å²) in [5.41, 5.74) is 0. The Morgan fingerprint density at radius 3 is 2.15 bits per heavy atom. The van der Waals surface area contributed by atoms with Crippen LogP contribution in [0.2, 0.25) is 0 Å². The van der Waals surface area contributed by atoms with E-state index in [-0.39, 0.29) is 6.29 Å². The number of hydrogen-bond acceptors (Lipinski definition) is 3. The van der Waals surface area contributed by atoms with Crippen molar-refractivity contribution >= 4 is 0 Å². The zero-order valence-corrected chi connectivity index (χ0v) is 8.62. The maximum absolute atomic E-state index is 5.60. The van der Waals surface area contributed by atoms with E-state index >= 15 is 0 Å². The number of hydrogen-bond donors (Lipinski definition) is 0. The van der Waals surface area contributed by atoms with E-state index in [0.717, 1.165) is 0 Å². The maximum atomic E-state index is 5.60. The van der Waals surface area contributed by atoms with E-state index in [2.05, 4.69) is 0 Å². The summed E-state index contributed by atoms with van der Waals surface area (Å²) in [6, 6.07) is 0. The van der Waals surface area contributed by atoms with Crippen LogP contribution >= 0.6 is 0 Å². The van der Waals surface area contributed by atoms with E-state index in [1.807, 2.05) is 13.8 Å². The van der Waals surface area contributed by atoms with Gasteiger partial charge in [0.1, 0.15) is 0 Å². The molecule has 1 rings (SSSR count). The molecule has 0 unspecified atom stereocenters. The molecule has 0 N–H and O–H groups in total. The monoisotopic (exact) mass is 188 g/mol. The van der Waals surface area contributed by atoms with Crippen LogP contribution in [0.15, 0.2) is 0 Å². The van der Waals surface area contributed by atoms with Crippen LogP contribution in [0.5, 0.6) is 0 Å². The highest BCUT2D eigenvalue weighted by Gasteiger charge is 2.19. The van der Waals surface area contributed by atoms with Gasteiger partial charge in [-0.3, -0.25) is 0 Å². The lowest BCUT2D eigenvalue weighted by Crippen LogP contribution is -2.30. The average Bonchev–Trinajstić information content (AvgIpc) is 2.02. The second-order valence-corrected chi connectivity index (χ2v) is 3.23. The Balaban J connectivity index is 2.05. The Labute approximate surface area is 80.4 Å². The Kier molecular flexibility index (Phi) is 5.35. The summed E-state index contributed by atoms with van der Waals surface area (Å²) >= 11 is 0. The van der Waals surface area contributed by atoms with E-state index in [4.69, 9.17) is 14.2 Å². The van der Waals surface area contributed by atoms with E-state index < -0.39 is 0 Å². The second-order valence-electron chi connectivity index (χ2n) is 3.23. The highest BCUT2D eigenvalue weighted by Crippen LogP contribution is 2.22. The first kappa shape index (κ1) is 11.0. The molecule has 0 amide bonds. The van der Waals surface area contributed by atoms with E-state index in [1.165, 1.54) is 19.3 Å². The molecule has 0 bridgehead atoms. The SMILES string of the molecule is CCOC(COC1CCC1)OCC. The van der Waals surface area contributed by atoms with Crippen molar-refractivity contribution in [2.75, 3.05) is 19.8 Å². The molecule has 0 radical (unpaired) electrons. The van der Waals surface area contributed by atoms with Crippen molar-refractivity contribution in [1.82, 2.24) is 0 Å². The van der Waals surface area contributed by atoms with Gasteiger partial charge in [0.15, 0.2) is 6.29 Å². The minimum Gasteiger partial charge on any atom is -0.373 e. The van der Waals surface area contributed by atoms with Crippen molar-refractivity contribution in [2.45, 2.75) is 45.5 Å². The van der Waals surface area contributed by atoms with Gasteiger partial charge < -0.3 is 14.2 Å². The highest BCUT2D eigenvalue weighted by atomic mass is 16.7. The minimum atomic E-state index is -0.171. The smallest absolute Gasteiger partial charge is 0.180 e. The van der Waals surface area contributed by atoms with Gasteiger partial charge in [0, 0.05) is 13.2 Å². The summed E-state index contributed by atoms with van der Waals surface area (Å²) in [5.74, 6) is 0. The molecule has 13 heavy (non-hydrogen) atoms. The van der Waals surface area contributed by atoms with E-state index in [0.29, 0.717) is 25.9 Å². The number of ether oxygens (including phenoxy) is 3. The standard InChI is InChI=1S/C10H20O3/c1-3-11-10(12-4-2)8-13-9-6-5-7-9/h9-10H,3-8H2,1-2H3. The topological polar surface area (TPSA) is 27.7 Å². The Morgan fingerprint density at radius 1 is 1.15 bits per heavy atom. The summed E-state index contributed by atoms with van der Waals surface area (Å²) in [5, 5.41) is 0. The molecule has 1 fully saturated rings. The van der Waals surface area contributed by atoms with Gasteiger partial charge in [-0.25, -0.2) is 0 Å². The van der Waals surface area contributed by atoms with Crippen LogP contribution in [0.3, 0.4) is 0 Å². The van der Waals surface area contributed by atoms with Crippen molar-refractivity contribution in [3.05, 3.63) is 0 Å². The van der Waals surface area contributed by atoms with Crippen molar-refractivity contribution in [3.8, 4) is 0 Å². The zero-order valence-electron chi connectivity index (χ0n) is 8.62. The third kappa shape index (κ3) is 4.07. The van der Waals surface area contributed by atoms with Crippen LogP contribution in [0.4, 0.5) is 0 Å². The molecule has 0 atom stereocenters. The lowest BCUT2D eigenvalue weighted by atomic mass is 9.96. The van der Waals surface area contributed by atoms with Gasteiger partial charge in [-0.1, -0.05) is 0 Å². The Morgan fingerprint density at radius 2 is 1.77 bits per heavy atom. The molecule has 0 aromatic rings. The first-order chi connectivity index (χ1) is 6.36. The first-order valence-corrected chi connectivity index (χ1v) is 5.21. The molecule has 1 saturated carbocycles. The molecule has 0 saturated heterocycles. The molecule has 0 spiro atoms. The van der Waals surface area contributed by atoms with Crippen LogP contribution in [-0.4, -0.2) is 32.2 Å². The molecule has 78 valence electrons. The molecule has 0 aliphatic heterocycles. The van der Waals surface area contributed by atoms with Gasteiger partial charge >= 0.3 is 0 Å². The lowest BCUT2D eigenvalue weighted by molar-refractivity contribution is -0.181. The van der Waals surface area contributed by atoms with Crippen molar-refractivity contribution in [2.24, 2.45) is 0 Å². The van der Waals surface area contributed by atoms with Crippen LogP contribution < -0.4 is 0 Å². The molecule has 1 aliphatic carbocycles. The van der Waals surface area contributed by atoms with Crippen LogP contribution in [0.1, 0.15) is 33.1 Å². The third-order valence-corrected chi connectivity index (χ3v) is 2.23.